The van der Waals surface area contributed by atoms with E-state index in [0.717, 1.165) is 71.8 Å². The third kappa shape index (κ3) is 3.45. The molecule has 2 N–H and O–H groups in total. The lowest BCUT2D eigenvalue weighted by molar-refractivity contribution is -0.0372. The van der Waals surface area contributed by atoms with E-state index in [1.165, 1.54) is 0 Å². The SMILES string of the molecule is O=C(O)NCC1(c2ccon2)C2CCN(c3cnc4c(I)nn(C5CCCCO5)c4n3)CC21. The predicted octanol–water partition coefficient (Wildman–Crippen LogP) is 2.78. The first-order chi connectivity index (χ1) is 16.1. The molecule has 1 saturated carbocycles. The highest BCUT2D eigenvalue weighted by molar-refractivity contribution is 14.1. The summed E-state index contributed by atoms with van der Waals surface area (Å²) in [7, 11) is 0. The van der Waals surface area contributed by atoms with Crippen LogP contribution in [0.3, 0.4) is 0 Å². The highest BCUT2D eigenvalue weighted by atomic mass is 127. The van der Waals surface area contributed by atoms with Gasteiger partial charge in [-0.15, -0.1) is 0 Å². The zero-order valence-electron chi connectivity index (χ0n) is 17.9. The molecule has 4 unspecified atom stereocenters. The van der Waals surface area contributed by atoms with Gasteiger partial charge in [-0.05, 0) is 60.1 Å². The highest BCUT2D eigenvalue weighted by Gasteiger charge is 2.68. The maximum atomic E-state index is 11.2. The van der Waals surface area contributed by atoms with Crippen molar-refractivity contribution in [1.29, 1.82) is 0 Å². The number of anilines is 1. The molecule has 0 aromatic carbocycles. The lowest BCUT2D eigenvalue weighted by atomic mass is 9.97. The number of fused-ring (bicyclic) bond motifs is 2. The van der Waals surface area contributed by atoms with Crippen LogP contribution >= 0.6 is 22.6 Å². The van der Waals surface area contributed by atoms with E-state index in [-0.39, 0.29) is 17.6 Å². The standard InChI is InChI=1S/C21H24IN7O4/c22-18-17-19(29(26-18)16-3-1-2-7-32-16)25-15(9-23-17)28-6-4-12-13(10-28)21(12,11-24-20(30)31)14-5-8-33-27-14/h5,8-9,12-13,16,24H,1-4,6-7,10-11H2,(H,30,31). The number of rotatable bonds is 5. The molecule has 3 aliphatic rings. The Kier molecular flexibility index (Phi) is 5.16. The molecule has 1 aliphatic carbocycles. The molecule has 2 saturated heterocycles. The van der Waals surface area contributed by atoms with E-state index in [1.807, 2.05) is 16.9 Å². The molecular formula is C21H24IN7O4. The Morgan fingerprint density at radius 3 is 3.00 bits per heavy atom. The minimum Gasteiger partial charge on any atom is -0.465 e. The summed E-state index contributed by atoms with van der Waals surface area (Å²) in [4.78, 5) is 23.1. The minimum absolute atomic E-state index is 0.106. The predicted molar refractivity (Wildman–Crippen MR) is 125 cm³/mol. The van der Waals surface area contributed by atoms with Crippen molar-refractivity contribution in [3.05, 3.63) is 27.9 Å². The summed E-state index contributed by atoms with van der Waals surface area (Å²) in [5.74, 6) is 1.42. The number of nitrogens with zero attached hydrogens (tertiary/aromatic N) is 6. The maximum absolute atomic E-state index is 11.2. The first-order valence-corrected chi connectivity index (χ1v) is 12.3. The second-order valence-corrected chi connectivity index (χ2v) is 10.0. The number of carboxylic acid groups (broad SMARTS) is 1. The lowest BCUT2D eigenvalue weighted by Crippen LogP contribution is -2.35. The molecule has 6 rings (SSSR count). The first-order valence-electron chi connectivity index (χ1n) is 11.2. The maximum Gasteiger partial charge on any atom is 0.404 e. The van der Waals surface area contributed by atoms with Gasteiger partial charge in [-0.1, -0.05) is 5.16 Å². The summed E-state index contributed by atoms with van der Waals surface area (Å²) in [5.41, 5.74) is 2.01. The van der Waals surface area contributed by atoms with Crippen LogP contribution in [0.15, 0.2) is 23.0 Å². The largest absolute Gasteiger partial charge is 0.465 e. The number of ether oxygens (including phenoxy) is 1. The van der Waals surface area contributed by atoms with E-state index in [0.29, 0.717) is 12.5 Å². The van der Waals surface area contributed by atoms with Gasteiger partial charge in [0.15, 0.2) is 15.6 Å². The van der Waals surface area contributed by atoms with E-state index in [2.05, 4.69) is 48.0 Å². The smallest absolute Gasteiger partial charge is 0.404 e. The van der Waals surface area contributed by atoms with Crippen molar-refractivity contribution in [2.24, 2.45) is 11.8 Å². The fourth-order valence-corrected chi connectivity index (χ4v) is 6.34. The van der Waals surface area contributed by atoms with Gasteiger partial charge in [-0.25, -0.2) is 19.4 Å². The fraction of sp³-hybridized carbons (Fsp3) is 0.571. The van der Waals surface area contributed by atoms with E-state index in [1.54, 1.807) is 6.26 Å². The van der Waals surface area contributed by atoms with Crippen molar-refractivity contribution in [1.82, 2.24) is 30.2 Å². The molecular weight excluding hydrogens is 541 g/mol. The Balaban J connectivity index is 1.28. The Morgan fingerprint density at radius 1 is 1.33 bits per heavy atom. The summed E-state index contributed by atoms with van der Waals surface area (Å²) < 4.78 is 13.8. The summed E-state index contributed by atoms with van der Waals surface area (Å²) in [6.07, 6.45) is 6.25. The zero-order valence-corrected chi connectivity index (χ0v) is 20.0. The molecule has 3 aromatic heterocycles. The Morgan fingerprint density at radius 2 is 2.24 bits per heavy atom. The highest BCUT2D eigenvalue weighted by Crippen LogP contribution is 2.63. The fourth-order valence-electron chi connectivity index (χ4n) is 5.73. The number of aromatic nitrogens is 5. The molecule has 0 spiro atoms. The molecule has 0 bridgehead atoms. The number of hydrogen-bond acceptors (Lipinski definition) is 8. The molecule has 33 heavy (non-hydrogen) atoms. The summed E-state index contributed by atoms with van der Waals surface area (Å²) in [6, 6.07) is 1.85. The molecule has 3 aromatic rings. The van der Waals surface area contributed by atoms with Crippen LogP contribution in [0.25, 0.3) is 11.2 Å². The third-order valence-electron chi connectivity index (χ3n) is 7.38. The van der Waals surface area contributed by atoms with E-state index in [4.69, 9.17) is 14.2 Å². The van der Waals surface area contributed by atoms with Gasteiger partial charge in [0.2, 0.25) is 0 Å². The van der Waals surface area contributed by atoms with Gasteiger partial charge < -0.3 is 24.6 Å². The van der Waals surface area contributed by atoms with Crippen LogP contribution in [-0.2, 0) is 10.2 Å². The molecule has 4 atom stereocenters. The van der Waals surface area contributed by atoms with Crippen molar-refractivity contribution in [3.63, 3.8) is 0 Å². The second-order valence-electron chi connectivity index (χ2n) is 8.99. The van der Waals surface area contributed by atoms with Gasteiger partial charge in [-0.2, -0.15) is 5.10 Å². The Hall–Kier alpha value is -2.48. The monoisotopic (exact) mass is 565 g/mol. The zero-order chi connectivity index (χ0) is 22.6. The molecule has 11 nitrogen and oxygen atoms in total. The van der Waals surface area contributed by atoms with E-state index < -0.39 is 6.09 Å². The Bertz CT molecular complexity index is 1180. The van der Waals surface area contributed by atoms with Gasteiger partial charge in [0.1, 0.15) is 17.6 Å². The van der Waals surface area contributed by atoms with Gasteiger partial charge >= 0.3 is 6.09 Å². The number of amides is 1. The van der Waals surface area contributed by atoms with Crippen LogP contribution in [0.1, 0.15) is 37.6 Å². The number of hydrogen-bond donors (Lipinski definition) is 2. The second kappa shape index (κ2) is 8.08. The molecule has 2 aliphatic heterocycles. The van der Waals surface area contributed by atoms with Crippen LogP contribution in [0.4, 0.5) is 10.6 Å². The molecule has 5 heterocycles. The molecule has 12 heteroatoms. The molecule has 0 radical (unpaired) electrons. The van der Waals surface area contributed by atoms with Crippen molar-refractivity contribution in [3.8, 4) is 0 Å². The third-order valence-corrected chi connectivity index (χ3v) is 8.10. The van der Waals surface area contributed by atoms with Crippen molar-refractivity contribution >= 4 is 45.7 Å². The van der Waals surface area contributed by atoms with Crippen molar-refractivity contribution in [2.45, 2.75) is 37.3 Å². The summed E-state index contributed by atoms with van der Waals surface area (Å²) in [5, 5.41) is 20.6. The Labute approximate surface area is 203 Å². The minimum atomic E-state index is -1.03. The van der Waals surface area contributed by atoms with Crippen molar-refractivity contribution < 1.29 is 19.2 Å². The normalized spacial score (nSPS) is 29.1. The average Bonchev–Trinajstić information content (AvgIpc) is 3.13. The van der Waals surface area contributed by atoms with Crippen LogP contribution in [0.2, 0.25) is 0 Å². The first kappa shape index (κ1) is 21.1. The summed E-state index contributed by atoms with van der Waals surface area (Å²) in [6.45, 7) is 2.63. The quantitative estimate of drug-likeness (QED) is 0.449. The van der Waals surface area contributed by atoms with Gasteiger partial charge in [0.05, 0.1) is 11.9 Å². The number of nitrogens with one attached hydrogen (secondary N) is 1. The van der Waals surface area contributed by atoms with E-state index in [9.17, 15) is 9.90 Å². The van der Waals surface area contributed by atoms with Gasteiger partial charge in [-0.3, -0.25) is 0 Å². The molecule has 1 amide bonds. The van der Waals surface area contributed by atoms with Gasteiger partial charge in [0, 0.05) is 37.7 Å². The van der Waals surface area contributed by atoms with Gasteiger partial charge in [0.25, 0.3) is 0 Å². The molecule has 3 fully saturated rings. The van der Waals surface area contributed by atoms with Crippen LogP contribution in [0.5, 0.6) is 0 Å². The average molecular weight is 565 g/mol. The van der Waals surface area contributed by atoms with Crippen molar-refractivity contribution in [2.75, 3.05) is 31.1 Å². The number of halogens is 1. The topological polar surface area (TPSA) is 131 Å². The van der Waals surface area contributed by atoms with Crippen LogP contribution in [-0.4, -0.2) is 62.3 Å². The summed E-state index contributed by atoms with van der Waals surface area (Å²) >= 11 is 2.20. The van der Waals surface area contributed by atoms with E-state index >= 15 is 0 Å². The van der Waals surface area contributed by atoms with Crippen LogP contribution in [0, 0.1) is 15.5 Å². The lowest BCUT2D eigenvalue weighted by Gasteiger charge is -2.27. The number of carbonyl (C=O) groups is 1. The number of piperidine rings is 1. The van der Waals surface area contributed by atoms with Crippen LogP contribution < -0.4 is 10.2 Å². The molecule has 174 valence electrons.